The van der Waals surface area contributed by atoms with Gasteiger partial charge in [0.15, 0.2) is 11.5 Å². The number of carboxylic acids is 1. The van der Waals surface area contributed by atoms with E-state index in [1.165, 1.54) is 32.2 Å². The minimum absolute atomic E-state index is 0.110. The number of hydrogen-bond acceptors (Lipinski definition) is 4. The molecule has 0 amide bonds. The Morgan fingerprint density at radius 1 is 1.39 bits per heavy atom. The van der Waals surface area contributed by atoms with E-state index in [2.05, 4.69) is 0 Å². The van der Waals surface area contributed by atoms with Crippen LogP contribution in [0.1, 0.15) is 12.5 Å². The number of aliphatic carboxylic acids is 1. The van der Waals surface area contributed by atoms with Crippen molar-refractivity contribution in [1.29, 1.82) is 0 Å². The lowest BCUT2D eigenvalue weighted by molar-refractivity contribution is -0.132. The smallest absolute Gasteiger partial charge is 0.328 e. The Labute approximate surface area is 109 Å². The zero-order chi connectivity index (χ0) is 13.7. The normalized spacial score (nSPS) is 10.4. The molecule has 5 nitrogen and oxygen atoms in total. The van der Waals surface area contributed by atoms with Crippen LogP contribution in [0.15, 0.2) is 18.2 Å². The molecule has 0 atom stereocenters. The van der Waals surface area contributed by atoms with Gasteiger partial charge in [0.1, 0.15) is 0 Å². The number of methoxy groups -OCH3 is 1. The number of carbonyl (C=O) groups excluding carboxylic acids is 1. The summed E-state index contributed by atoms with van der Waals surface area (Å²) in [6, 6.07) is 2.99. The Morgan fingerprint density at radius 3 is 2.56 bits per heavy atom. The van der Waals surface area contributed by atoms with Gasteiger partial charge in [0.25, 0.3) is 0 Å². The standard InChI is InChI=1S/C12H11ClO5/c1-7(14)18-12-9(13)5-8(3-4-11(15)16)6-10(12)17-2/h3-6H,1-2H3,(H,15,16)/b4-3+. The zero-order valence-corrected chi connectivity index (χ0v) is 10.5. The number of esters is 1. The van der Waals surface area contributed by atoms with Crippen LogP contribution in [0.4, 0.5) is 0 Å². The fourth-order valence-corrected chi connectivity index (χ4v) is 1.50. The molecular weight excluding hydrogens is 260 g/mol. The lowest BCUT2D eigenvalue weighted by atomic mass is 10.2. The van der Waals surface area contributed by atoms with Crippen molar-refractivity contribution < 1.29 is 24.2 Å². The van der Waals surface area contributed by atoms with Crippen LogP contribution in [-0.4, -0.2) is 24.2 Å². The molecule has 1 aromatic rings. The van der Waals surface area contributed by atoms with Crippen molar-refractivity contribution in [2.75, 3.05) is 7.11 Å². The van der Waals surface area contributed by atoms with Crippen LogP contribution in [0.3, 0.4) is 0 Å². The molecule has 0 saturated heterocycles. The molecule has 1 rings (SSSR count). The van der Waals surface area contributed by atoms with E-state index in [0.717, 1.165) is 6.08 Å². The summed E-state index contributed by atoms with van der Waals surface area (Å²) in [6.45, 7) is 1.24. The lowest BCUT2D eigenvalue weighted by Gasteiger charge is -2.10. The van der Waals surface area contributed by atoms with E-state index in [4.69, 9.17) is 26.2 Å². The van der Waals surface area contributed by atoms with Crippen molar-refractivity contribution in [3.05, 3.63) is 28.8 Å². The Hall–Kier alpha value is -2.01. The van der Waals surface area contributed by atoms with Crippen LogP contribution >= 0.6 is 11.6 Å². The highest BCUT2D eigenvalue weighted by atomic mass is 35.5. The average molecular weight is 271 g/mol. The maximum absolute atomic E-state index is 10.9. The Morgan fingerprint density at radius 2 is 2.06 bits per heavy atom. The number of carboxylic acid groups (broad SMARTS) is 1. The van der Waals surface area contributed by atoms with E-state index in [0.29, 0.717) is 5.56 Å². The maximum atomic E-state index is 10.9. The summed E-state index contributed by atoms with van der Waals surface area (Å²) in [5.41, 5.74) is 0.523. The first-order valence-corrected chi connectivity index (χ1v) is 5.28. The molecule has 0 spiro atoms. The van der Waals surface area contributed by atoms with Gasteiger partial charge in [-0.3, -0.25) is 4.79 Å². The summed E-state index contributed by atoms with van der Waals surface area (Å²) in [6.07, 6.45) is 2.32. The minimum Gasteiger partial charge on any atom is -0.493 e. The highest BCUT2D eigenvalue weighted by molar-refractivity contribution is 6.32. The van der Waals surface area contributed by atoms with E-state index in [1.807, 2.05) is 0 Å². The van der Waals surface area contributed by atoms with Crippen LogP contribution < -0.4 is 9.47 Å². The lowest BCUT2D eigenvalue weighted by Crippen LogP contribution is -2.03. The van der Waals surface area contributed by atoms with Crippen LogP contribution in [0.2, 0.25) is 5.02 Å². The molecule has 18 heavy (non-hydrogen) atoms. The van der Waals surface area contributed by atoms with Gasteiger partial charge in [-0.15, -0.1) is 0 Å². The van der Waals surface area contributed by atoms with Gasteiger partial charge < -0.3 is 14.6 Å². The molecule has 0 unspecified atom stereocenters. The number of halogens is 1. The van der Waals surface area contributed by atoms with Crippen LogP contribution in [0.25, 0.3) is 6.08 Å². The monoisotopic (exact) mass is 270 g/mol. The largest absolute Gasteiger partial charge is 0.493 e. The van der Waals surface area contributed by atoms with Crippen molar-refractivity contribution in [2.24, 2.45) is 0 Å². The first-order chi connectivity index (χ1) is 8.43. The predicted octanol–water partition coefficient (Wildman–Crippen LogP) is 2.37. The predicted molar refractivity (Wildman–Crippen MR) is 66.0 cm³/mol. The van der Waals surface area contributed by atoms with Gasteiger partial charge in [0, 0.05) is 13.0 Å². The van der Waals surface area contributed by atoms with Gasteiger partial charge >= 0.3 is 11.9 Å². The third-order valence-electron chi connectivity index (χ3n) is 1.92. The molecule has 0 saturated carbocycles. The molecule has 0 fully saturated rings. The first-order valence-electron chi connectivity index (χ1n) is 4.91. The quantitative estimate of drug-likeness (QED) is 0.517. The molecule has 0 aliphatic heterocycles. The molecule has 96 valence electrons. The fraction of sp³-hybridized carbons (Fsp3) is 0.167. The van der Waals surface area contributed by atoms with Crippen LogP contribution in [0, 0.1) is 0 Å². The fourth-order valence-electron chi connectivity index (χ4n) is 1.25. The van der Waals surface area contributed by atoms with E-state index in [9.17, 15) is 9.59 Å². The van der Waals surface area contributed by atoms with Crippen molar-refractivity contribution >= 4 is 29.6 Å². The van der Waals surface area contributed by atoms with E-state index in [-0.39, 0.29) is 16.5 Å². The maximum Gasteiger partial charge on any atom is 0.328 e. The highest BCUT2D eigenvalue weighted by Crippen LogP contribution is 2.36. The molecule has 0 heterocycles. The van der Waals surface area contributed by atoms with Crippen molar-refractivity contribution in [1.82, 2.24) is 0 Å². The van der Waals surface area contributed by atoms with Gasteiger partial charge in [-0.05, 0) is 23.8 Å². The number of hydrogen-bond donors (Lipinski definition) is 1. The third kappa shape index (κ3) is 3.78. The molecule has 0 bridgehead atoms. The third-order valence-corrected chi connectivity index (χ3v) is 2.20. The molecule has 0 radical (unpaired) electrons. The SMILES string of the molecule is COc1cc(/C=C/C(=O)O)cc(Cl)c1OC(C)=O. The average Bonchev–Trinajstić information content (AvgIpc) is 2.28. The summed E-state index contributed by atoms with van der Waals surface area (Å²) < 4.78 is 9.94. The Balaban J connectivity index is 3.17. The number of benzene rings is 1. The van der Waals surface area contributed by atoms with Gasteiger partial charge in [-0.1, -0.05) is 11.6 Å². The molecular formula is C12H11ClO5. The summed E-state index contributed by atoms with van der Waals surface area (Å²) in [5.74, 6) is -1.24. The Kier molecular flexibility index (Phi) is 4.74. The Bertz CT molecular complexity index is 507. The van der Waals surface area contributed by atoms with Crippen molar-refractivity contribution in [2.45, 2.75) is 6.92 Å². The van der Waals surface area contributed by atoms with Crippen molar-refractivity contribution in [3.63, 3.8) is 0 Å². The number of carbonyl (C=O) groups is 2. The van der Waals surface area contributed by atoms with Gasteiger partial charge in [0.2, 0.25) is 0 Å². The van der Waals surface area contributed by atoms with Gasteiger partial charge in [-0.2, -0.15) is 0 Å². The summed E-state index contributed by atoms with van der Waals surface area (Å²) in [5, 5.41) is 8.69. The van der Waals surface area contributed by atoms with E-state index >= 15 is 0 Å². The van der Waals surface area contributed by atoms with Crippen LogP contribution in [0.5, 0.6) is 11.5 Å². The topological polar surface area (TPSA) is 72.8 Å². The molecule has 6 heteroatoms. The van der Waals surface area contributed by atoms with E-state index in [1.54, 1.807) is 0 Å². The number of ether oxygens (including phenoxy) is 2. The van der Waals surface area contributed by atoms with Crippen molar-refractivity contribution in [3.8, 4) is 11.5 Å². The van der Waals surface area contributed by atoms with Gasteiger partial charge in [0.05, 0.1) is 12.1 Å². The zero-order valence-electron chi connectivity index (χ0n) is 9.77. The molecule has 1 aromatic carbocycles. The second-order valence-corrected chi connectivity index (χ2v) is 3.71. The van der Waals surface area contributed by atoms with E-state index < -0.39 is 11.9 Å². The number of rotatable bonds is 4. The summed E-state index contributed by atoms with van der Waals surface area (Å²) in [7, 11) is 1.39. The first kappa shape index (κ1) is 14.1. The molecule has 0 aromatic heterocycles. The van der Waals surface area contributed by atoms with Gasteiger partial charge in [-0.25, -0.2) is 4.79 Å². The molecule has 0 aliphatic rings. The minimum atomic E-state index is -1.07. The highest BCUT2D eigenvalue weighted by Gasteiger charge is 2.13. The summed E-state index contributed by atoms with van der Waals surface area (Å²) >= 11 is 5.93. The second kappa shape index (κ2) is 6.07. The summed E-state index contributed by atoms with van der Waals surface area (Å²) in [4.78, 5) is 21.3. The molecule has 0 aliphatic carbocycles. The second-order valence-electron chi connectivity index (χ2n) is 3.30. The van der Waals surface area contributed by atoms with Crippen LogP contribution in [-0.2, 0) is 9.59 Å². The molecule has 1 N–H and O–H groups in total.